The molecule has 0 aromatic heterocycles. The number of sulfonamides is 1. The standard InChI is InChI=1S/C34H41ClN2O6S.C5H8N2.CH4.FIS2/c1-22-6-4-15-34(20-38,42-3)29-11-8-26(29)18-37-19-33(14-5-7-24-16-27(35)10-12-28(24)33)21-43-31-13-9-25(17-30(31)37)32(39)36-44(40,41)23(22)2;1-5(6-2)3-7-4-5;;1-4(2)3/h4,9-10,12-13,15-17,20,22-23,26,29H,5-8,11,14,18-19,21H2,1-3H3,(H,36,39);7H,3-4H2,1H3;1H4;/b15-4+;;;/t22-,23+,26-,29+,33-,34-;;;/m0.../s1. The maximum Gasteiger partial charge on any atom is 0.264 e. The SMILES string of the molecule is C.CO[C@]1(C=O)/C=C/C[C@H](C)[C@@H](C)S(=O)(=O)NC(=O)c2ccc3c(c2)N(C[C@@H]2CC[C@H]21)C[C@@]1(CCCc2cc(Cl)ccc21)CO3.FS(=S)I.[C-]#[N+]C1(C)CNC1. The Kier molecular flexibility index (Phi) is 16.0. The molecular weight excluding hydrogens is 910 g/mol. The number of fused-ring (bicyclic) bond motifs is 4. The topological polar surface area (TPSA) is 118 Å². The molecular formula is C40H53ClFIN4O6S3. The predicted molar refractivity (Wildman–Crippen MR) is 235 cm³/mol. The zero-order valence-corrected chi connectivity index (χ0v) is 36.8. The van der Waals surface area contributed by atoms with E-state index in [0.29, 0.717) is 36.9 Å². The van der Waals surface area contributed by atoms with Crippen molar-refractivity contribution in [2.45, 2.75) is 88.5 Å². The van der Waals surface area contributed by atoms with Gasteiger partial charge in [0, 0.05) is 70.2 Å². The number of nitrogens with zero attached hydrogens (tertiary/aromatic N) is 2. The third-order valence-corrected chi connectivity index (χ3v) is 14.1. The number of hydrogen-bond donors (Lipinski definition) is 2. The lowest BCUT2D eigenvalue weighted by Crippen LogP contribution is -2.54. The van der Waals surface area contributed by atoms with Crippen LogP contribution in [-0.4, -0.2) is 76.9 Å². The lowest BCUT2D eigenvalue weighted by Gasteiger charge is -2.48. The number of amides is 1. The summed E-state index contributed by atoms with van der Waals surface area (Å²) < 4.78 is 52.2. The van der Waals surface area contributed by atoms with Gasteiger partial charge in [0.1, 0.15) is 18.4 Å². The fraction of sp³-hybridized carbons (Fsp3) is 0.575. The van der Waals surface area contributed by atoms with E-state index in [-0.39, 0.29) is 41.7 Å². The van der Waals surface area contributed by atoms with Crippen LogP contribution in [0.15, 0.2) is 48.6 Å². The highest BCUT2D eigenvalue weighted by Gasteiger charge is 2.49. The van der Waals surface area contributed by atoms with E-state index < -0.39 is 33.8 Å². The van der Waals surface area contributed by atoms with Crippen LogP contribution in [0.1, 0.15) is 81.8 Å². The molecule has 2 N–H and O–H groups in total. The van der Waals surface area contributed by atoms with Crippen molar-refractivity contribution >= 4 is 78.9 Å². The minimum Gasteiger partial charge on any atom is -0.490 e. The van der Waals surface area contributed by atoms with Gasteiger partial charge in [-0.25, -0.2) is 19.7 Å². The summed E-state index contributed by atoms with van der Waals surface area (Å²) in [6.45, 7) is 15.5. The molecule has 1 saturated heterocycles. The predicted octanol–water partition coefficient (Wildman–Crippen LogP) is 7.67. The first-order valence-corrected chi connectivity index (χ1v) is 24.9. The average Bonchev–Trinajstić information content (AvgIpc) is 3.27. The van der Waals surface area contributed by atoms with Crippen molar-refractivity contribution < 1.29 is 31.4 Å². The maximum atomic E-state index is 13.4. The Labute approximate surface area is 356 Å². The fourth-order valence-corrected chi connectivity index (χ4v) is 9.73. The normalized spacial score (nSPS) is 30.9. The molecule has 7 atom stereocenters. The third kappa shape index (κ3) is 10.3. The van der Waals surface area contributed by atoms with Crippen molar-refractivity contribution in [1.82, 2.24) is 10.0 Å². The van der Waals surface area contributed by atoms with Gasteiger partial charge in [-0.15, -0.1) is 0 Å². The van der Waals surface area contributed by atoms with Crippen molar-refractivity contribution in [2.24, 2.45) is 17.8 Å². The Hall–Kier alpha value is -2.20. The number of ether oxygens (including phenoxy) is 2. The van der Waals surface area contributed by atoms with Crippen LogP contribution >= 0.6 is 32.8 Å². The van der Waals surface area contributed by atoms with E-state index in [9.17, 15) is 21.9 Å². The molecule has 16 heteroatoms. The van der Waals surface area contributed by atoms with Gasteiger partial charge in [0.15, 0.2) is 6.29 Å². The van der Waals surface area contributed by atoms with Crippen molar-refractivity contribution in [3.8, 4) is 5.75 Å². The highest BCUT2D eigenvalue weighted by molar-refractivity contribution is 14.2. The molecule has 308 valence electrons. The van der Waals surface area contributed by atoms with Gasteiger partial charge in [-0.3, -0.25) is 9.59 Å². The highest BCUT2D eigenvalue weighted by Crippen LogP contribution is 2.48. The zero-order valence-electron chi connectivity index (χ0n) is 31.5. The molecule has 56 heavy (non-hydrogen) atoms. The van der Waals surface area contributed by atoms with Gasteiger partial charge in [0.05, 0.1) is 30.6 Å². The van der Waals surface area contributed by atoms with Crippen LogP contribution in [0.5, 0.6) is 5.75 Å². The number of carbonyl (C=O) groups excluding carboxylic acids is 2. The van der Waals surface area contributed by atoms with Gasteiger partial charge in [-0.05, 0) is 116 Å². The van der Waals surface area contributed by atoms with Gasteiger partial charge in [-0.2, -0.15) is 3.89 Å². The number of hydrogen-bond acceptors (Lipinski definition) is 9. The van der Waals surface area contributed by atoms with Crippen LogP contribution in [0.2, 0.25) is 5.02 Å². The van der Waals surface area contributed by atoms with Gasteiger partial charge in [0.2, 0.25) is 10.0 Å². The van der Waals surface area contributed by atoms with Gasteiger partial charge >= 0.3 is 0 Å². The molecule has 2 aromatic carbocycles. The maximum absolute atomic E-state index is 13.4. The summed E-state index contributed by atoms with van der Waals surface area (Å²) in [5.41, 5.74) is 1.99. The summed E-state index contributed by atoms with van der Waals surface area (Å²) in [5.74, 6) is -0.203. The summed E-state index contributed by atoms with van der Waals surface area (Å²) >= 11 is 11.9. The minimum absolute atomic E-state index is 0. The fourth-order valence-electron chi connectivity index (χ4n) is 8.25. The minimum atomic E-state index is -3.97. The molecule has 10 nitrogen and oxygen atoms in total. The molecule has 1 spiro atoms. The Bertz CT molecular complexity index is 1960. The summed E-state index contributed by atoms with van der Waals surface area (Å²) in [5, 5.41) is 2.92. The number of nitrogens with one attached hydrogen (secondary N) is 2. The van der Waals surface area contributed by atoms with E-state index >= 15 is 0 Å². The first-order valence-electron chi connectivity index (χ1n) is 18.4. The van der Waals surface area contributed by atoms with Crippen LogP contribution in [0.25, 0.3) is 4.85 Å². The highest BCUT2D eigenvalue weighted by atomic mass is 127. The van der Waals surface area contributed by atoms with E-state index in [1.54, 1.807) is 32.2 Å². The summed E-state index contributed by atoms with van der Waals surface area (Å²) in [6.07, 6.45) is 9.65. The molecule has 2 aliphatic carbocycles. The molecule has 1 unspecified atom stereocenters. The van der Waals surface area contributed by atoms with Crippen molar-refractivity contribution in [1.29, 1.82) is 0 Å². The first kappa shape index (κ1) is 46.5. The van der Waals surface area contributed by atoms with Gasteiger partial charge in [0.25, 0.3) is 11.4 Å². The van der Waals surface area contributed by atoms with Crippen molar-refractivity contribution in [3.05, 3.63) is 81.7 Å². The molecule has 3 aliphatic heterocycles. The van der Waals surface area contributed by atoms with Crippen molar-refractivity contribution in [3.63, 3.8) is 0 Å². The molecule has 2 fully saturated rings. The Morgan fingerprint density at radius 1 is 1.21 bits per heavy atom. The van der Waals surface area contributed by atoms with Crippen molar-refractivity contribution in [2.75, 3.05) is 44.8 Å². The summed E-state index contributed by atoms with van der Waals surface area (Å²) in [7, 11) is -3.71. The monoisotopic (exact) mass is 962 g/mol. The number of aryl methyl sites for hydroxylation is 1. The number of aldehydes is 1. The van der Waals surface area contributed by atoms with E-state index in [1.165, 1.54) is 32.3 Å². The van der Waals surface area contributed by atoms with Crippen LogP contribution in [0.3, 0.4) is 0 Å². The molecule has 5 aliphatic rings. The van der Waals surface area contributed by atoms with Gasteiger partial charge in [-0.1, -0.05) is 38.1 Å². The van der Waals surface area contributed by atoms with E-state index in [0.717, 1.165) is 57.2 Å². The molecule has 3 heterocycles. The Morgan fingerprint density at radius 3 is 2.50 bits per heavy atom. The largest absolute Gasteiger partial charge is 0.490 e. The number of rotatable bonds is 2. The molecule has 2 aromatic rings. The smallest absolute Gasteiger partial charge is 0.264 e. The van der Waals surface area contributed by atoms with E-state index in [4.69, 9.17) is 27.6 Å². The second-order valence-electron chi connectivity index (χ2n) is 15.6. The van der Waals surface area contributed by atoms with Crippen LogP contribution in [-0.2, 0) is 49.6 Å². The van der Waals surface area contributed by atoms with Crippen LogP contribution < -0.4 is 19.7 Å². The third-order valence-electron chi connectivity index (χ3n) is 12.0. The second kappa shape index (κ2) is 19.2. The molecule has 1 saturated carbocycles. The quantitative estimate of drug-likeness (QED) is 0.103. The Morgan fingerprint density at radius 2 is 1.93 bits per heavy atom. The lowest BCUT2D eigenvalue weighted by molar-refractivity contribution is -0.135. The van der Waals surface area contributed by atoms with Gasteiger partial charge < -0.3 is 24.5 Å². The van der Waals surface area contributed by atoms with E-state index in [1.807, 2.05) is 32.1 Å². The number of anilines is 1. The first-order chi connectivity index (χ1) is 26.0. The number of allylic oxidation sites excluding steroid dienone is 1. The molecule has 0 radical (unpaired) electrons. The Balaban J connectivity index is 0.000000505. The lowest BCUT2D eigenvalue weighted by atomic mass is 9.64. The number of benzene rings is 2. The number of halogens is 3. The van der Waals surface area contributed by atoms with Crippen LogP contribution in [0.4, 0.5) is 9.57 Å². The average molecular weight is 963 g/mol. The second-order valence-corrected chi connectivity index (χ2v) is 23.4. The zero-order chi connectivity index (χ0) is 40.2. The van der Waals surface area contributed by atoms with Crippen LogP contribution in [0, 0.1) is 24.3 Å². The number of carbonyl (C=O) groups is 2. The summed E-state index contributed by atoms with van der Waals surface area (Å²) in [6, 6.07) is 11.3. The molecule has 1 amide bonds. The molecule has 7 rings (SSSR count). The molecule has 2 bridgehead atoms. The summed E-state index contributed by atoms with van der Waals surface area (Å²) in [4.78, 5) is 31.8. The number of methoxy groups -OCH3 is 1. The van der Waals surface area contributed by atoms with E-state index in [2.05, 4.69) is 43.1 Å².